The molecule has 0 aliphatic heterocycles. The topological polar surface area (TPSA) is 69.2 Å². The van der Waals surface area contributed by atoms with Gasteiger partial charge in [-0.2, -0.15) is 4.39 Å². The van der Waals surface area contributed by atoms with Gasteiger partial charge in [0.05, 0.1) is 4.92 Å². The first-order valence-electron chi connectivity index (χ1n) is 5.85. The van der Waals surface area contributed by atoms with Crippen LogP contribution in [0.4, 0.5) is 18.9 Å². The molecule has 1 aromatic rings. The number of benzene rings is 1. The molecule has 0 amide bonds. The van der Waals surface area contributed by atoms with Gasteiger partial charge in [-0.05, 0) is 24.5 Å². The minimum absolute atomic E-state index is 0.0167. The van der Waals surface area contributed by atoms with Crippen LogP contribution in [-0.4, -0.2) is 10.8 Å². The Kier molecular flexibility index (Phi) is 3.25. The first kappa shape index (κ1) is 13.8. The summed E-state index contributed by atoms with van der Waals surface area (Å²) in [7, 11) is 0. The zero-order valence-corrected chi connectivity index (χ0v) is 10.0. The van der Waals surface area contributed by atoms with Gasteiger partial charge in [-0.3, -0.25) is 10.1 Å². The summed E-state index contributed by atoms with van der Waals surface area (Å²) in [6, 6.07) is 3.32. The Balaban J connectivity index is 2.32. The molecule has 1 aliphatic rings. The van der Waals surface area contributed by atoms with Crippen molar-refractivity contribution in [1.82, 2.24) is 0 Å². The molecular formula is C12H13F3N2O2. The van der Waals surface area contributed by atoms with E-state index < -0.39 is 27.9 Å². The van der Waals surface area contributed by atoms with E-state index in [9.17, 15) is 23.3 Å². The third kappa shape index (κ3) is 2.70. The maximum absolute atomic E-state index is 13.2. The van der Waals surface area contributed by atoms with Gasteiger partial charge in [0, 0.05) is 24.4 Å². The SMILES string of the molecule is NC1(c2ccc(F)c([N+](=O)[O-])c2)CCC(F)(F)CC1. The van der Waals surface area contributed by atoms with Crippen LogP contribution in [0.25, 0.3) is 0 Å². The molecule has 1 aromatic carbocycles. The largest absolute Gasteiger partial charge is 0.321 e. The second-order valence-corrected chi connectivity index (χ2v) is 4.94. The van der Waals surface area contributed by atoms with Crippen LogP contribution in [0.15, 0.2) is 18.2 Å². The Bertz CT molecular complexity index is 510. The van der Waals surface area contributed by atoms with Crippen LogP contribution >= 0.6 is 0 Å². The molecule has 2 rings (SSSR count). The average molecular weight is 274 g/mol. The van der Waals surface area contributed by atoms with Gasteiger partial charge < -0.3 is 5.73 Å². The van der Waals surface area contributed by atoms with Crippen molar-refractivity contribution in [3.8, 4) is 0 Å². The van der Waals surface area contributed by atoms with Crippen molar-refractivity contribution >= 4 is 5.69 Å². The fraction of sp³-hybridized carbons (Fsp3) is 0.500. The molecule has 0 aromatic heterocycles. The van der Waals surface area contributed by atoms with Crippen LogP contribution in [0.3, 0.4) is 0 Å². The Labute approximate surface area is 107 Å². The van der Waals surface area contributed by atoms with Crippen molar-refractivity contribution in [3.63, 3.8) is 0 Å². The Morgan fingerprint density at radius 1 is 1.21 bits per heavy atom. The van der Waals surface area contributed by atoms with Crippen molar-refractivity contribution < 1.29 is 18.1 Å². The number of rotatable bonds is 2. The first-order chi connectivity index (χ1) is 8.73. The molecule has 104 valence electrons. The van der Waals surface area contributed by atoms with Crippen LogP contribution in [0, 0.1) is 15.9 Å². The number of hydrogen-bond acceptors (Lipinski definition) is 3. The molecule has 0 heterocycles. The molecule has 0 spiro atoms. The number of nitrogens with zero attached hydrogens (tertiary/aromatic N) is 1. The summed E-state index contributed by atoms with van der Waals surface area (Å²) in [5.74, 6) is -3.70. The number of nitro benzene ring substituents is 1. The fourth-order valence-electron chi connectivity index (χ4n) is 2.31. The van der Waals surface area contributed by atoms with E-state index in [1.165, 1.54) is 6.07 Å². The van der Waals surface area contributed by atoms with E-state index in [0.717, 1.165) is 12.1 Å². The van der Waals surface area contributed by atoms with Crippen LogP contribution in [0.2, 0.25) is 0 Å². The first-order valence-corrected chi connectivity index (χ1v) is 5.85. The molecule has 0 saturated heterocycles. The molecule has 2 N–H and O–H groups in total. The summed E-state index contributed by atoms with van der Waals surface area (Å²) in [5, 5.41) is 10.7. The standard InChI is InChI=1S/C12H13F3N2O2/c13-9-2-1-8(7-10(9)17(18)19)11(16)3-5-12(14,15)6-4-11/h1-2,7H,3-6,16H2. The van der Waals surface area contributed by atoms with Crippen LogP contribution in [0.1, 0.15) is 31.2 Å². The van der Waals surface area contributed by atoms with Crippen LogP contribution in [0.5, 0.6) is 0 Å². The van der Waals surface area contributed by atoms with Crippen molar-refractivity contribution in [2.75, 3.05) is 0 Å². The lowest BCUT2D eigenvalue weighted by Crippen LogP contribution is -2.43. The summed E-state index contributed by atoms with van der Waals surface area (Å²) in [6.45, 7) is 0. The summed E-state index contributed by atoms with van der Waals surface area (Å²) in [6.07, 6.45) is -0.699. The van der Waals surface area contributed by atoms with Crippen LogP contribution in [-0.2, 0) is 5.54 Å². The normalized spacial score (nSPS) is 21.1. The van der Waals surface area contributed by atoms with E-state index in [2.05, 4.69) is 0 Å². The molecule has 7 heteroatoms. The van der Waals surface area contributed by atoms with Gasteiger partial charge in [0.2, 0.25) is 11.7 Å². The minimum Gasteiger partial charge on any atom is -0.321 e. The molecule has 1 fully saturated rings. The van der Waals surface area contributed by atoms with Crippen molar-refractivity contribution in [2.45, 2.75) is 37.1 Å². The number of alkyl halides is 2. The third-order valence-corrected chi connectivity index (χ3v) is 3.59. The molecule has 1 aliphatic carbocycles. The summed E-state index contributed by atoms with van der Waals surface area (Å²) in [5.41, 5.74) is 4.64. The van der Waals surface area contributed by atoms with Gasteiger partial charge >= 0.3 is 5.69 Å². The second kappa shape index (κ2) is 4.48. The molecule has 0 radical (unpaired) electrons. The predicted octanol–water partition coefficient (Wildman–Crippen LogP) is 3.10. The monoisotopic (exact) mass is 274 g/mol. The molecule has 0 bridgehead atoms. The highest BCUT2D eigenvalue weighted by Crippen LogP contribution is 2.42. The minimum atomic E-state index is -2.74. The molecular weight excluding hydrogens is 261 g/mol. The molecule has 0 atom stereocenters. The van der Waals surface area contributed by atoms with E-state index >= 15 is 0 Å². The molecule has 19 heavy (non-hydrogen) atoms. The van der Waals surface area contributed by atoms with Crippen LogP contribution < -0.4 is 5.73 Å². The molecule has 0 unspecified atom stereocenters. The maximum Gasteiger partial charge on any atom is 0.305 e. The lowest BCUT2D eigenvalue weighted by Gasteiger charge is -2.37. The zero-order valence-electron chi connectivity index (χ0n) is 10.0. The van der Waals surface area contributed by atoms with Crippen molar-refractivity contribution in [1.29, 1.82) is 0 Å². The second-order valence-electron chi connectivity index (χ2n) is 4.94. The predicted molar refractivity (Wildman–Crippen MR) is 62.3 cm³/mol. The summed E-state index contributed by atoms with van der Waals surface area (Å²) in [4.78, 5) is 9.82. The lowest BCUT2D eigenvalue weighted by molar-refractivity contribution is -0.387. The van der Waals surface area contributed by atoms with Gasteiger partial charge in [0.15, 0.2) is 0 Å². The maximum atomic E-state index is 13.2. The Hall–Kier alpha value is -1.63. The summed E-state index contributed by atoms with van der Waals surface area (Å²) < 4.78 is 39.5. The van der Waals surface area contributed by atoms with E-state index in [4.69, 9.17) is 5.73 Å². The van der Waals surface area contributed by atoms with E-state index in [1.54, 1.807) is 0 Å². The van der Waals surface area contributed by atoms with Gasteiger partial charge in [0.25, 0.3) is 0 Å². The van der Waals surface area contributed by atoms with E-state index in [1.807, 2.05) is 0 Å². The van der Waals surface area contributed by atoms with Gasteiger partial charge in [-0.1, -0.05) is 6.07 Å². The van der Waals surface area contributed by atoms with E-state index in [-0.39, 0.29) is 25.7 Å². The Morgan fingerprint density at radius 2 is 1.79 bits per heavy atom. The van der Waals surface area contributed by atoms with Gasteiger partial charge in [-0.15, -0.1) is 0 Å². The number of nitrogens with two attached hydrogens (primary N) is 1. The fourth-order valence-corrected chi connectivity index (χ4v) is 2.31. The highest BCUT2D eigenvalue weighted by Gasteiger charge is 2.42. The molecule has 1 saturated carbocycles. The van der Waals surface area contributed by atoms with Crippen molar-refractivity contribution in [2.24, 2.45) is 5.73 Å². The summed E-state index contributed by atoms with van der Waals surface area (Å²) >= 11 is 0. The lowest BCUT2D eigenvalue weighted by atomic mass is 9.76. The van der Waals surface area contributed by atoms with E-state index in [0.29, 0.717) is 5.56 Å². The van der Waals surface area contributed by atoms with Crippen molar-refractivity contribution in [3.05, 3.63) is 39.7 Å². The number of halogens is 3. The third-order valence-electron chi connectivity index (χ3n) is 3.59. The van der Waals surface area contributed by atoms with Gasteiger partial charge in [0.1, 0.15) is 0 Å². The number of nitro groups is 1. The molecule has 4 nitrogen and oxygen atoms in total. The van der Waals surface area contributed by atoms with Gasteiger partial charge in [-0.25, -0.2) is 8.78 Å². The average Bonchev–Trinajstić information content (AvgIpc) is 2.33. The zero-order chi connectivity index (χ0) is 14.3. The highest BCUT2D eigenvalue weighted by molar-refractivity contribution is 5.39. The Morgan fingerprint density at radius 3 is 2.32 bits per heavy atom. The highest BCUT2D eigenvalue weighted by atomic mass is 19.3. The number of hydrogen-bond donors (Lipinski definition) is 1. The quantitative estimate of drug-likeness (QED) is 0.665. The smallest absolute Gasteiger partial charge is 0.305 e.